The van der Waals surface area contributed by atoms with Crippen LogP contribution in [0, 0.1) is 5.82 Å². The first kappa shape index (κ1) is 13.4. The van der Waals surface area contributed by atoms with Crippen LogP contribution in [0.15, 0.2) is 36.9 Å². The molecular formula is C13H17FN2O. The molecule has 1 rings (SSSR count). The highest BCUT2D eigenvalue weighted by Gasteiger charge is 2.01. The van der Waals surface area contributed by atoms with Crippen LogP contribution in [-0.2, 0) is 11.3 Å². The summed E-state index contributed by atoms with van der Waals surface area (Å²) < 4.78 is 13.2. The highest BCUT2D eigenvalue weighted by Crippen LogP contribution is 2.05. The van der Waals surface area contributed by atoms with Crippen molar-refractivity contribution in [1.82, 2.24) is 10.6 Å². The molecule has 0 radical (unpaired) electrons. The summed E-state index contributed by atoms with van der Waals surface area (Å²) in [7, 11) is 0. The molecule has 0 aliphatic rings. The smallest absolute Gasteiger partial charge is 0.221 e. The Morgan fingerprint density at radius 3 is 2.88 bits per heavy atom. The van der Waals surface area contributed by atoms with Crippen LogP contribution < -0.4 is 10.6 Å². The van der Waals surface area contributed by atoms with Gasteiger partial charge in [0.1, 0.15) is 5.82 Å². The number of nitrogens with one attached hydrogen (secondary N) is 2. The molecule has 1 aromatic carbocycles. The number of carbonyl (C=O) groups is 1. The van der Waals surface area contributed by atoms with Gasteiger partial charge in [-0.25, -0.2) is 4.39 Å². The molecule has 0 fully saturated rings. The van der Waals surface area contributed by atoms with E-state index in [2.05, 4.69) is 17.2 Å². The number of rotatable bonds is 7. The second kappa shape index (κ2) is 7.57. The van der Waals surface area contributed by atoms with Gasteiger partial charge in [-0.2, -0.15) is 0 Å². The monoisotopic (exact) mass is 236 g/mol. The predicted octanol–water partition coefficient (Wildman–Crippen LogP) is 1.61. The summed E-state index contributed by atoms with van der Waals surface area (Å²) >= 11 is 0. The van der Waals surface area contributed by atoms with Crippen molar-refractivity contribution < 1.29 is 9.18 Å². The molecule has 0 aromatic heterocycles. The molecule has 0 spiro atoms. The topological polar surface area (TPSA) is 41.1 Å². The fourth-order valence-corrected chi connectivity index (χ4v) is 1.34. The van der Waals surface area contributed by atoms with Crippen LogP contribution in [0.2, 0.25) is 0 Å². The van der Waals surface area contributed by atoms with Crippen molar-refractivity contribution in [2.24, 2.45) is 0 Å². The van der Waals surface area contributed by atoms with Gasteiger partial charge in [-0.3, -0.25) is 4.79 Å². The van der Waals surface area contributed by atoms with Gasteiger partial charge in [-0.05, 0) is 6.07 Å². The zero-order chi connectivity index (χ0) is 12.5. The lowest BCUT2D eigenvalue weighted by Gasteiger charge is -2.06. The lowest BCUT2D eigenvalue weighted by atomic mass is 10.2. The number of benzene rings is 1. The molecule has 1 amide bonds. The quantitative estimate of drug-likeness (QED) is 0.558. The molecule has 1 aromatic rings. The van der Waals surface area contributed by atoms with Gasteiger partial charge in [0.15, 0.2) is 0 Å². The zero-order valence-electron chi connectivity index (χ0n) is 9.71. The Balaban J connectivity index is 2.18. The minimum Gasteiger partial charge on any atom is -0.353 e. The molecule has 3 nitrogen and oxygen atoms in total. The van der Waals surface area contributed by atoms with E-state index < -0.39 is 0 Å². The average Bonchev–Trinajstić information content (AvgIpc) is 2.34. The third-order valence-electron chi connectivity index (χ3n) is 2.25. The average molecular weight is 236 g/mol. The van der Waals surface area contributed by atoms with Gasteiger partial charge in [-0.15, -0.1) is 6.58 Å². The van der Waals surface area contributed by atoms with Crippen LogP contribution in [0.25, 0.3) is 0 Å². The number of carbonyl (C=O) groups excluding carboxylic acids is 1. The van der Waals surface area contributed by atoms with E-state index >= 15 is 0 Å². The van der Waals surface area contributed by atoms with Gasteiger partial charge in [0.2, 0.25) is 5.91 Å². The summed E-state index contributed by atoms with van der Waals surface area (Å²) in [6.45, 7) is 4.94. The molecule has 92 valence electrons. The molecule has 0 unspecified atom stereocenters. The van der Waals surface area contributed by atoms with Gasteiger partial charge < -0.3 is 10.6 Å². The van der Waals surface area contributed by atoms with Gasteiger partial charge in [-0.1, -0.05) is 24.3 Å². The van der Waals surface area contributed by atoms with Crippen molar-refractivity contribution in [3.8, 4) is 0 Å². The molecule has 17 heavy (non-hydrogen) atoms. The minimum absolute atomic E-state index is 0.0362. The first-order valence-electron chi connectivity index (χ1n) is 5.55. The van der Waals surface area contributed by atoms with Crippen molar-refractivity contribution in [3.05, 3.63) is 48.3 Å². The summed E-state index contributed by atoms with van der Waals surface area (Å²) in [5.74, 6) is -0.262. The normalized spacial score (nSPS) is 9.94. The molecule has 2 N–H and O–H groups in total. The molecule has 0 saturated carbocycles. The Bertz CT molecular complexity index is 379. The Labute approximate surface area is 101 Å². The zero-order valence-corrected chi connectivity index (χ0v) is 9.71. The summed E-state index contributed by atoms with van der Waals surface area (Å²) in [5.41, 5.74) is 0.610. The van der Waals surface area contributed by atoms with E-state index in [0.717, 1.165) is 0 Å². The van der Waals surface area contributed by atoms with E-state index in [9.17, 15) is 9.18 Å². The van der Waals surface area contributed by atoms with E-state index in [4.69, 9.17) is 0 Å². The summed E-state index contributed by atoms with van der Waals surface area (Å²) in [6, 6.07) is 6.59. The third-order valence-corrected chi connectivity index (χ3v) is 2.25. The van der Waals surface area contributed by atoms with Crippen molar-refractivity contribution >= 4 is 5.91 Å². The van der Waals surface area contributed by atoms with Crippen LogP contribution in [0.5, 0.6) is 0 Å². The van der Waals surface area contributed by atoms with Crippen LogP contribution in [-0.4, -0.2) is 19.0 Å². The Morgan fingerprint density at radius 2 is 2.18 bits per heavy atom. The van der Waals surface area contributed by atoms with E-state index in [0.29, 0.717) is 31.6 Å². The largest absolute Gasteiger partial charge is 0.353 e. The van der Waals surface area contributed by atoms with Crippen LogP contribution in [0.4, 0.5) is 4.39 Å². The van der Waals surface area contributed by atoms with Gasteiger partial charge in [0, 0.05) is 31.6 Å². The lowest BCUT2D eigenvalue weighted by molar-refractivity contribution is -0.120. The van der Waals surface area contributed by atoms with Gasteiger partial charge >= 0.3 is 0 Å². The van der Waals surface area contributed by atoms with Gasteiger partial charge in [0.05, 0.1) is 0 Å². The molecular weight excluding hydrogens is 219 g/mol. The first-order valence-corrected chi connectivity index (χ1v) is 5.55. The fourth-order valence-electron chi connectivity index (χ4n) is 1.34. The molecule has 0 bridgehead atoms. The highest BCUT2D eigenvalue weighted by molar-refractivity contribution is 5.76. The van der Waals surface area contributed by atoms with E-state index in [1.54, 1.807) is 24.3 Å². The third kappa shape index (κ3) is 5.26. The Hall–Kier alpha value is -1.68. The maximum absolute atomic E-state index is 13.2. The number of hydrogen-bond donors (Lipinski definition) is 2. The molecule has 0 aliphatic heterocycles. The number of hydrogen-bond acceptors (Lipinski definition) is 2. The fraction of sp³-hybridized carbons (Fsp3) is 0.308. The second-order valence-corrected chi connectivity index (χ2v) is 3.61. The summed E-state index contributed by atoms with van der Waals surface area (Å²) in [4.78, 5) is 11.2. The van der Waals surface area contributed by atoms with Gasteiger partial charge in [0.25, 0.3) is 0 Å². The van der Waals surface area contributed by atoms with Crippen LogP contribution in [0.3, 0.4) is 0 Å². The second-order valence-electron chi connectivity index (χ2n) is 3.61. The molecule has 0 heterocycles. The molecule has 4 heteroatoms. The van der Waals surface area contributed by atoms with Crippen LogP contribution in [0.1, 0.15) is 12.0 Å². The summed E-state index contributed by atoms with van der Waals surface area (Å²) in [5, 5.41) is 5.69. The Kier molecular flexibility index (Phi) is 5.96. The molecule has 0 saturated heterocycles. The Morgan fingerprint density at radius 1 is 1.41 bits per heavy atom. The van der Waals surface area contributed by atoms with E-state index in [1.807, 2.05) is 0 Å². The maximum atomic E-state index is 13.2. The predicted molar refractivity (Wildman–Crippen MR) is 65.9 cm³/mol. The van der Waals surface area contributed by atoms with E-state index in [1.165, 1.54) is 6.07 Å². The first-order chi connectivity index (χ1) is 8.24. The van der Waals surface area contributed by atoms with Crippen molar-refractivity contribution in [3.63, 3.8) is 0 Å². The van der Waals surface area contributed by atoms with Crippen LogP contribution >= 0.6 is 0 Å². The van der Waals surface area contributed by atoms with Crippen molar-refractivity contribution in [2.75, 3.05) is 13.1 Å². The molecule has 0 aliphatic carbocycles. The standard InChI is InChI=1S/C13H17FN2O/c1-2-8-16-13(17)7-9-15-10-11-5-3-4-6-12(11)14/h2-6,15H,1,7-10H2,(H,16,17). The summed E-state index contributed by atoms with van der Waals surface area (Å²) in [6.07, 6.45) is 2.01. The maximum Gasteiger partial charge on any atom is 0.221 e. The number of halogens is 1. The number of amides is 1. The minimum atomic E-state index is -0.226. The van der Waals surface area contributed by atoms with Crippen molar-refractivity contribution in [1.29, 1.82) is 0 Å². The molecule has 0 atom stereocenters. The SMILES string of the molecule is C=CCNC(=O)CCNCc1ccccc1F. The lowest BCUT2D eigenvalue weighted by Crippen LogP contribution is -2.27. The highest BCUT2D eigenvalue weighted by atomic mass is 19.1. The van der Waals surface area contributed by atoms with E-state index in [-0.39, 0.29) is 11.7 Å². The van der Waals surface area contributed by atoms with Crippen molar-refractivity contribution in [2.45, 2.75) is 13.0 Å².